The number of nitriles is 1. The molecule has 14 heavy (non-hydrogen) atoms. The molecule has 78 valence electrons. The standard InChI is InChI=1S/C12H20N2/c13-9-5-4-8-12(10-14)11-6-2-1-3-7-11/h5,9,11-12H,1-4,6-8,13H2. The van der Waals surface area contributed by atoms with Gasteiger partial charge in [0.1, 0.15) is 0 Å². The summed E-state index contributed by atoms with van der Waals surface area (Å²) in [4.78, 5) is 0. The molecule has 0 amide bonds. The predicted molar refractivity (Wildman–Crippen MR) is 58.2 cm³/mol. The van der Waals surface area contributed by atoms with E-state index in [9.17, 15) is 0 Å². The van der Waals surface area contributed by atoms with Crippen molar-refractivity contribution in [1.82, 2.24) is 0 Å². The lowest BCUT2D eigenvalue weighted by atomic mass is 9.79. The predicted octanol–water partition coefficient (Wildman–Crippen LogP) is 2.96. The Bertz CT molecular complexity index is 209. The molecule has 0 aliphatic heterocycles. The first-order valence-corrected chi connectivity index (χ1v) is 5.65. The van der Waals surface area contributed by atoms with Crippen LogP contribution in [0.2, 0.25) is 0 Å². The molecule has 0 spiro atoms. The summed E-state index contributed by atoms with van der Waals surface area (Å²) in [6.45, 7) is 0. The number of nitrogens with zero attached hydrogens (tertiary/aromatic N) is 1. The minimum Gasteiger partial charge on any atom is -0.405 e. The number of hydrogen-bond donors (Lipinski definition) is 1. The van der Waals surface area contributed by atoms with Gasteiger partial charge in [0.2, 0.25) is 0 Å². The van der Waals surface area contributed by atoms with E-state index in [4.69, 9.17) is 11.0 Å². The molecule has 2 N–H and O–H groups in total. The number of nitrogens with two attached hydrogens (primary N) is 1. The highest BCUT2D eigenvalue weighted by molar-refractivity contribution is 4.91. The molecule has 0 radical (unpaired) electrons. The van der Waals surface area contributed by atoms with E-state index >= 15 is 0 Å². The Balaban J connectivity index is 2.32. The van der Waals surface area contributed by atoms with Gasteiger partial charge in [-0.15, -0.1) is 0 Å². The first kappa shape index (κ1) is 11.1. The van der Waals surface area contributed by atoms with Crippen LogP contribution in [-0.4, -0.2) is 0 Å². The molecule has 1 unspecified atom stereocenters. The second-order valence-electron chi connectivity index (χ2n) is 4.14. The zero-order valence-electron chi connectivity index (χ0n) is 8.78. The summed E-state index contributed by atoms with van der Waals surface area (Å²) in [6, 6.07) is 2.46. The van der Waals surface area contributed by atoms with Gasteiger partial charge < -0.3 is 5.73 Å². The fourth-order valence-electron chi connectivity index (χ4n) is 2.31. The summed E-state index contributed by atoms with van der Waals surface area (Å²) in [5, 5.41) is 9.07. The van der Waals surface area contributed by atoms with Crippen LogP contribution in [0, 0.1) is 23.2 Å². The third kappa shape index (κ3) is 3.41. The van der Waals surface area contributed by atoms with Crippen LogP contribution in [0.3, 0.4) is 0 Å². The minimum atomic E-state index is 0.256. The first-order valence-electron chi connectivity index (χ1n) is 5.65. The summed E-state index contributed by atoms with van der Waals surface area (Å²) in [7, 11) is 0. The van der Waals surface area contributed by atoms with Crippen molar-refractivity contribution in [3.05, 3.63) is 12.3 Å². The third-order valence-corrected chi connectivity index (χ3v) is 3.17. The van der Waals surface area contributed by atoms with Gasteiger partial charge in [0.25, 0.3) is 0 Å². The fraction of sp³-hybridized carbons (Fsp3) is 0.750. The van der Waals surface area contributed by atoms with Crippen LogP contribution < -0.4 is 5.73 Å². The highest BCUT2D eigenvalue weighted by Gasteiger charge is 2.22. The highest BCUT2D eigenvalue weighted by atomic mass is 14.5. The van der Waals surface area contributed by atoms with Crippen LogP contribution in [0.4, 0.5) is 0 Å². The van der Waals surface area contributed by atoms with E-state index in [0.29, 0.717) is 5.92 Å². The fourth-order valence-corrected chi connectivity index (χ4v) is 2.31. The zero-order valence-corrected chi connectivity index (χ0v) is 8.78. The van der Waals surface area contributed by atoms with Crippen molar-refractivity contribution in [3.8, 4) is 6.07 Å². The molecular weight excluding hydrogens is 172 g/mol. The Morgan fingerprint density at radius 1 is 1.36 bits per heavy atom. The second kappa shape index (κ2) is 6.48. The van der Waals surface area contributed by atoms with E-state index in [1.807, 2.05) is 6.08 Å². The molecule has 0 bridgehead atoms. The second-order valence-corrected chi connectivity index (χ2v) is 4.14. The van der Waals surface area contributed by atoms with Crippen LogP contribution >= 0.6 is 0 Å². The van der Waals surface area contributed by atoms with Crippen LogP contribution in [0.25, 0.3) is 0 Å². The number of allylic oxidation sites excluding steroid dienone is 1. The maximum Gasteiger partial charge on any atom is 0.0658 e. The van der Waals surface area contributed by atoms with E-state index in [0.717, 1.165) is 12.8 Å². The van der Waals surface area contributed by atoms with Gasteiger partial charge in [0.05, 0.1) is 6.07 Å². The molecular formula is C12H20N2. The molecule has 1 atom stereocenters. The summed E-state index contributed by atoms with van der Waals surface area (Å²) < 4.78 is 0. The summed E-state index contributed by atoms with van der Waals surface area (Å²) >= 11 is 0. The molecule has 0 aromatic heterocycles. The third-order valence-electron chi connectivity index (χ3n) is 3.17. The van der Waals surface area contributed by atoms with Gasteiger partial charge in [0.15, 0.2) is 0 Å². The summed E-state index contributed by atoms with van der Waals surface area (Å²) in [5.74, 6) is 0.909. The molecule has 0 heterocycles. The van der Waals surface area contributed by atoms with Gasteiger partial charge in [-0.1, -0.05) is 25.3 Å². The van der Waals surface area contributed by atoms with Gasteiger partial charge in [-0.3, -0.25) is 0 Å². The average Bonchev–Trinajstić information content (AvgIpc) is 2.26. The monoisotopic (exact) mass is 192 g/mol. The van der Waals surface area contributed by atoms with Crippen molar-refractivity contribution in [2.24, 2.45) is 17.6 Å². The first-order chi connectivity index (χ1) is 6.88. The molecule has 1 rings (SSSR count). The van der Waals surface area contributed by atoms with Gasteiger partial charge in [-0.25, -0.2) is 0 Å². The molecule has 0 saturated heterocycles. The maximum atomic E-state index is 9.07. The van der Waals surface area contributed by atoms with E-state index in [2.05, 4.69) is 6.07 Å². The van der Waals surface area contributed by atoms with Crippen LogP contribution in [0.1, 0.15) is 44.9 Å². The Hall–Kier alpha value is -0.970. The van der Waals surface area contributed by atoms with Gasteiger partial charge in [-0.05, 0) is 37.8 Å². The molecule has 1 aliphatic rings. The molecule has 2 nitrogen and oxygen atoms in total. The smallest absolute Gasteiger partial charge is 0.0658 e. The number of rotatable bonds is 4. The SMILES string of the molecule is N#CC(CCC=CN)C1CCCCC1. The lowest BCUT2D eigenvalue weighted by molar-refractivity contribution is 0.281. The lowest BCUT2D eigenvalue weighted by Gasteiger charge is -2.25. The van der Waals surface area contributed by atoms with Crippen molar-refractivity contribution in [2.45, 2.75) is 44.9 Å². The van der Waals surface area contributed by atoms with Crippen LogP contribution in [0.5, 0.6) is 0 Å². The van der Waals surface area contributed by atoms with Crippen molar-refractivity contribution in [1.29, 1.82) is 5.26 Å². The summed E-state index contributed by atoms with van der Waals surface area (Å²) in [6.07, 6.45) is 12.0. The minimum absolute atomic E-state index is 0.256. The Labute approximate surface area is 86.8 Å². The zero-order chi connectivity index (χ0) is 10.2. The Morgan fingerprint density at radius 3 is 2.64 bits per heavy atom. The van der Waals surface area contributed by atoms with E-state index < -0.39 is 0 Å². The van der Waals surface area contributed by atoms with Crippen LogP contribution in [-0.2, 0) is 0 Å². The van der Waals surface area contributed by atoms with Crippen molar-refractivity contribution >= 4 is 0 Å². The Morgan fingerprint density at radius 2 is 2.07 bits per heavy atom. The van der Waals surface area contributed by atoms with E-state index in [1.165, 1.54) is 32.1 Å². The molecule has 1 aliphatic carbocycles. The van der Waals surface area contributed by atoms with Crippen molar-refractivity contribution in [2.75, 3.05) is 0 Å². The number of hydrogen-bond acceptors (Lipinski definition) is 2. The quantitative estimate of drug-likeness (QED) is 0.744. The molecule has 1 saturated carbocycles. The van der Waals surface area contributed by atoms with Gasteiger partial charge in [0, 0.05) is 5.92 Å². The van der Waals surface area contributed by atoms with E-state index in [1.54, 1.807) is 6.20 Å². The van der Waals surface area contributed by atoms with Gasteiger partial charge in [-0.2, -0.15) is 5.26 Å². The molecule has 0 aromatic rings. The largest absolute Gasteiger partial charge is 0.405 e. The molecule has 1 fully saturated rings. The molecule has 0 aromatic carbocycles. The summed E-state index contributed by atoms with van der Waals surface area (Å²) in [5.41, 5.74) is 5.27. The molecule has 2 heteroatoms. The average molecular weight is 192 g/mol. The Kier molecular flexibility index (Phi) is 5.14. The van der Waals surface area contributed by atoms with Crippen molar-refractivity contribution < 1.29 is 0 Å². The topological polar surface area (TPSA) is 49.8 Å². The van der Waals surface area contributed by atoms with Crippen LogP contribution in [0.15, 0.2) is 12.3 Å². The van der Waals surface area contributed by atoms with Gasteiger partial charge >= 0.3 is 0 Å². The lowest BCUT2D eigenvalue weighted by Crippen LogP contribution is -2.16. The van der Waals surface area contributed by atoms with Crippen molar-refractivity contribution in [3.63, 3.8) is 0 Å². The maximum absolute atomic E-state index is 9.07. The highest BCUT2D eigenvalue weighted by Crippen LogP contribution is 2.31. The normalized spacial score (nSPS) is 20.8. The van der Waals surface area contributed by atoms with E-state index in [-0.39, 0.29) is 5.92 Å².